The predicted octanol–water partition coefficient (Wildman–Crippen LogP) is 4.64. The molecule has 0 aliphatic carbocycles. The van der Waals surface area contributed by atoms with E-state index in [1.807, 2.05) is 0 Å². The van der Waals surface area contributed by atoms with Gasteiger partial charge in [-0.3, -0.25) is 0 Å². The van der Waals surface area contributed by atoms with Crippen LogP contribution >= 0.6 is 22.6 Å². The first-order chi connectivity index (χ1) is 8.43. The first-order valence-electron chi connectivity index (χ1n) is 6.91. The van der Waals surface area contributed by atoms with E-state index in [2.05, 4.69) is 79.9 Å². The van der Waals surface area contributed by atoms with Crippen molar-refractivity contribution >= 4 is 22.6 Å². The molecule has 0 spiro atoms. The van der Waals surface area contributed by atoms with Crippen molar-refractivity contribution in [2.45, 2.75) is 53.0 Å². The maximum Gasteiger partial charge on any atom is 0.0130 e. The molecule has 102 valence electrons. The topological polar surface area (TPSA) is 12.0 Å². The molecule has 0 aliphatic rings. The number of nitrogens with one attached hydrogen (secondary N) is 1. The molecule has 0 aliphatic heterocycles. The SMILES string of the molecule is CCCNC(CCc1ccc(I)cc1)C(C)(C)C. The normalized spacial score (nSPS) is 13.6. The molecule has 18 heavy (non-hydrogen) atoms. The van der Waals surface area contributed by atoms with Crippen LogP contribution in [0.3, 0.4) is 0 Å². The zero-order valence-electron chi connectivity index (χ0n) is 12.1. The van der Waals surface area contributed by atoms with Crippen LogP contribution < -0.4 is 5.32 Å². The van der Waals surface area contributed by atoms with Gasteiger partial charge in [0.15, 0.2) is 0 Å². The van der Waals surface area contributed by atoms with E-state index >= 15 is 0 Å². The van der Waals surface area contributed by atoms with Crippen LogP contribution in [0.4, 0.5) is 0 Å². The molecule has 0 fully saturated rings. The highest BCUT2D eigenvalue weighted by Crippen LogP contribution is 2.23. The third-order valence-corrected chi connectivity index (χ3v) is 4.04. The van der Waals surface area contributed by atoms with Crippen LogP contribution in [0.2, 0.25) is 0 Å². The molecular formula is C16H26IN. The quantitative estimate of drug-likeness (QED) is 0.730. The fraction of sp³-hybridized carbons (Fsp3) is 0.625. The summed E-state index contributed by atoms with van der Waals surface area (Å²) in [5, 5.41) is 3.69. The Labute approximate surface area is 126 Å². The molecule has 0 aromatic heterocycles. The first kappa shape index (κ1) is 16.0. The summed E-state index contributed by atoms with van der Waals surface area (Å²) >= 11 is 2.36. The number of aryl methyl sites for hydroxylation is 1. The van der Waals surface area contributed by atoms with E-state index in [0.717, 1.165) is 13.0 Å². The number of halogens is 1. The van der Waals surface area contributed by atoms with Gasteiger partial charge in [0.05, 0.1) is 0 Å². The van der Waals surface area contributed by atoms with Crippen molar-refractivity contribution < 1.29 is 0 Å². The van der Waals surface area contributed by atoms with Crippen molar-refractivity contribution in [1.29, 1.82) is 0 Å². The minimum atomic E-state index is 0.332. The van der Waals surface area contributed by atoms with Crippen molar-refractivity contribution in [3.8, 4) is 0 Å². The predicted molar refractivity (Wildman–Crippen MR) is 89.0 cm³/mol. The van der Waals surface area contributed by atoms with Crippen molar-refractivity contribution in [1.82, 2.24) is 5.32 Å². The average molecular weight is 359 g/mol. The fourth-order valence-electron chi connectivity index (χ4n) is 2.12. The zero-order valence-corrected chi connectivity index (χ0v) is 14.3. The molecule has 0 saturated heterocycles. The molecule has 1 unspecified atom stereocenters. The molecule has 0 radical (unpaired) electrons. The summed E-state index contributed by atoms with van der Waals surface area (Å²) in [6.45, 7) is 10.3. The van der Waals surface area contributed by atoms with Gasteiger partial charge in [-0.25, -0.2) is 0 Å². The van der Waals surface area contributed by atoms with Gasteiger partial charge in [0.1, 0.15) is 0 Å². The Morgan fingerprint density at radius 2 is 1.78 bits per heavy atom. The summed E-state index contributed by atoms with van der Waals surface area (Å²) in [5.74, 6) is 0. The molecule has 0 amide bonds. The van der Waals surface area contributed by atoms with Crippen molar-refractivity contribution in [3.63, 3.8) is 0 Å². The van der Waals surface area contributed by atoms with Crippen LogP contribution in [0.15, 0.2) is 24.3 Å². The van der Waals surface area contributed by atoms with E-state index in [1.165, 1.54) is 22.0 Å². The van der Waals surface area contributed by atoms with Crippen LogP contribution in [0.1, 0.15) is 46.1 Å². The Hall–Kier alpha value is -0.0900. The lowest BCUT2D eigenvalue weighted by molar-refractivity contribution is 0.255. The minimum absolute atomic E-state index is 0.332. The Morgan fingerprint density at radius 3 is 2.28 bits per heavy atom. The van der Waals surface area contributed by atoms with Crippen molar-refractivity contribution in [3.05, 3.63) is 33.4 Å². The fourth-order valence-corrected chi connectivity index (χ4v) is 2.48. The van der Waals surface area contributed by atoms with Gasteiger partial charge < -0.3 is 5.32 Å². The van der Waals surface area contributed by atoms with Gasteiger partial charge in [-0.15, -0.1) is 0 Å². The Balaban J connectivity index is 2.53. The lowest BCUT2D eigenvalue weighted by Crippen LogP contribution is -2.41. The second-order valence-corrected chi connectivity index (χ2v) is 7.28. The van der Waals surface area contributed by atoms with Gasteiger partial charge in [-0.1, -0.05) is 39.8 Å². The molecular weight excluding hydrogens is 333 g/mol. The van der Waals surface area contributed by atoms with E-state index < -0.39 is 0 Å². The summed E-state index contributed by atoms with van der Waals surface area (Å²) in [7, 11) is 0. The van der Waals surface area contributed by atoms with Gasteiger partial charge in [0, 0.05) is 9.61 Å². The highest BCUT2D eigenvalue weighted by Gasteiger charge is 2.23. The molecule has 1 nitrogen and oxygen atoms in total. The summed E-state index contributed by atoms with van der Waals surface area (Å²) in [4.78, 5) is 0. The summed E-state index contributed by atoms with van der Waals surface area (Å²) in [5.41, 5.74) is 1.78. The molecule has 0 bridgehead atoms. The molecule has 1 N–H and O–H groups in total. The van der Waals surface area contributed by atoms with E-state index in [9.17, 15) is 0 Å². The second kappa shape index (κ2) is 7.49. The Kier molecular flexibility index (Phi) is 6.64. The molecule has 1 atom stereocenters. The number of rotatable bonds is 6. The molecule has 1 aromatic carbocycles. The smallest absolute Gasteiger partial charge is 0.0130 e. The van der Waals surface area contributed by atoms with Gasteiger partial charge in [0.2, 0.25) is 0 Å². The van der Waals surface area contributed by atoms with Crippen molar-refractivity contribution in [2.75, 3.05) is 6.54 Å². The van der Waals surface area contributed by atoms with E-state index in [0.29, 0.717) is 11.5 Å². The molecule has 1 aromatic rings. The lowest BCUT2D eigenvalue weighted by Gasteiger charge is -2.32. The largest absolute Gasteiger partial charge is 0.313 e. The molecule has 1 rings (SSSR count). The van der Waals surface area contributed by atoms with Crippen LogP contribution in [0.5, 0.6) is 0 Å². The molecule has 2 heteroatoms. The minimum Gasteiger partial charge on any atom is -0.313 e. The van der Waals surface area contributed by atoms with Crippen LogP contribution in [-0.4, -0.2) is 12.6 Å². The standard InChI is InChI=1S/C16H26IN/c1-5-12-18-15(16(2,3)4)11-8-13-6-9-14(17)10-7-13/h6-7,9-10,15,18H,5,8,11-12H2,1-4H3. The first-order valence-corrected chi connectivity index (χ1v) is 7.99. The Morgan fingerprint density at radius 1 is 1.17 bits per heavy atom. The summed E-state index contributed by atoms with van der Waals surface area (Å²) in [6.07, 6.45) is 3.58. The lowest BCUT2D eigenvalue weighted by atomic mass is 9.83. The second-order valence-electron chi connectivity index (χ2n) is 6.04. The molecule has 0 saturated carbocycles. The van der Waals surface area contributed by atoms with Crippen LogP contribution in [-0.2, 0) is 6.42 Å². The highest BCUT2D eigenvalue weighted by atomic mass is 127. The zero-order chi connectivity index (χ0) is 13.6. The Bertz CT molecular complexity index is 337. The average Bonchev–Trinajstić information content (AvgIpc) is 2.30. The van der Waals surface area contributed by atoms with Gasteiger partial charge >= 0.3 is 0 Å². The van der Waals surface area contributed by atoms with E-state index in [1.54, 1.807) is 0 Å². The summed E-state index contributed by atoms with van der Waals surface area (Å²) < 4.78 is 1.31. The van der Waals surface area contributed by atoms with Gasteiger partial charge in [0.25, 0.3) is 0 Å². The monoisotopic (exact) mass is 359 g/mol. The number of benzene rings is 1. The number of hydrogen-bond donors (Lipinski definition) is 1. The van der Waals surface area contributed by atoms with E-state index in [-0.39, 0.29) is 0 Å². The molecule has 0 heterocycles. The van der Waals surface area contributed by atoms with E-state index in [4.69, 9.17) is 0 Å². The van der Waals surface area contributed by atoms with Crippen molar-refractivity contribution in [2.24, 2.45) is 5.41 Å². The van der Waals surface area contributed by atoms with Crippen LogP contribution in [0, 0.1) is 8.99 Å². The summed E-state index contributed by atoms with van der Waals surface area (Å²) in [6, 6.07) is 9.49. The maximum atomic E-state index is 3.69. The highest BCUT2D eigenvalue weighted by molar-refractivity contribution is 14.1. The third-order valence-electron chi connectivity index (χ3n) is 3.32. The maximum absolute atomic E-state index is 3.69. The van der Waals surface area contributed by atoms with Gasteiger partial charge in [-0.2, -0.15) is 0 Å². The van der Waals surface area contributed by atoms with Crippen LogP contribution in [0.25, 0.3) is 0 Å². The van der Waals surface area contributed by atoms with Gasteiger partial charge in [-0.05, 0) is 71.5 Å². The number of hydrogen-bond acceptors (Lipinski definition) is 1. The third kappa shape index (κ3) is 5.70.